The van der Waals surface area contributed by atoms with E-state index in [2.05, 4.69) is 0 Å². The third-order valence-corrected chi connectivity index (χ3v) is 9.39. The maximum absolute atomic E-state index is 11.8. The summed E-state index contributed by atoms with van der Waals surface area (Å²) < 4.78 is 41.3. The Morgan fingerprint density at radius 1 is 0.441 bits per heavy atom. The van der Waals surface area contributed by atoms with Gasteiger partial charge in [-0.1, -0.05) is 62.3 Å². The van der Waals surface area contributed by atoms with Crippen molar-refractivity contribution in [3.63, 3.8) is 0 Å². The summed E-state index contributed by atoms with van der Waals surface area (Å²) in [5.74, 6) is -3.54. The Morgan fingerprint density at radius 2 is 0.750 bits per heavy atom. The molecule has 4 atom stereocenters. The zero-order valence-electron chi connectivity index (χ0n) is 41.7. The van der Waals surface area contributed by atoms with Gasteiger partial charge >= 0.3 is 41.8 Å². The number of nitrogens with one attached hydrogen (secondary N) is 3. The van der Waals surface area contributed by atoms with E-state index in [1.807, 2.05) is 13.8 Å². The minimum absolute atomic E-state index is 0.00913. The monoisotopic (exact) mass is 981 g/mol. The molecule has 68 heavy (non-hydrogen) atoms. The molecule has 0 aromatic rings. The molecule has 0 spiro atoms. The van der Waals surface area contributed by atoms with Gasteiger partial charge in [-0.25, -0.2) is 0 Å². The molecule has 3 N–H and O–H groups in total. The van der Waals surface area contributed by atoms with Crippen molar-refractivity contribution < 1.29 is 101 Å². The second-order valence-corrected chi connectivity index (χ2v) is 15.0. The number of carbonyl (C=O) groups excluding carboxylic acids is 7. The third kappa shape index (κ3) is 28.7. The summed E-state index contributed by atoms with van der Waals surface area (Å²) in [4.78, 5) is 109. The van der Waals surface area contributed by atoms with Crippen molar-refractivity contribution in [2.45, 2.75) is 165 Å². The summed E-state index contributed by atoms with van der Waals surface area (Å²) in [6.07, 6.45) is -1.94. The van der Waals surface area contributed by atoms with Crippen molar-refractivity contribution >= 4 is 59.5 Å². The maximum atomic E-state index is 11.8. The lowest BCUT2D eigenvalue weighted by atomic mass is 9.88. The molecule has 0 aromatic carbocycles. The van der Waals surface area contributed by atoms with Gasteiger partial charge in [-0.2, -0.15) is 14.7 Å². The first kappa shape index (κ1) is 64.6. The minimum Gasteiger partial charge on any atom is -0.465 e. The number of hydrogen-bond donors (Lipinski definition) is 3. The van der Waals surface area contributed by atoms with Gasteiger partial charge in [0, 0.05) is 65.7 Å². The first-order valence-corrected chi connectivity index (χ1v) is 22.5. The SMILES string of the molecule is CCC(=N)OOCC(CC)(COOC(=N)CC)COOC(=N)CC.CCC(=O)OC1OC[C@H](OC(=O)CC)[C@@H](OC(=O)CC)[C@@H]1OC(=O)CC.CCC(COC(C)=O)(COC(C)=O)COC(C)=O. The zero-order valence-corrected chi connectivity index (χ0v) is 41.7. The average Bonchev–Trinajstić information content (AvgIpc) is 3.32. The Balaban J connectivity index is 0. The molecular weight excluding hydrogens is 906 g/mol. The molecule has 0 bridgehead atoms. The van der Waals surface area contributed by atoms with E-state index in [0.717, 1.165) is 0 Å². The molecule has 1 aliphatic rings. The summed E-state index contributed by atoms with van der Waals surface area (Å²) in [6.45, 7) is 19.5. The molecule has 1 heterocycles. The Bertz CT molecular complexity index is 1440. The molecule has 0 radical (unpaired) electrons. The van der Waals surface area contributed by atoms with E-state index in [9.17, 15) is 33.6 Å². The highest BCUT2D eigenvalue weighted by Gasteiger charge is 2.49. The molecule has 0 aliphatic carbocycles. The summed E-state index contributed by atoms with van der Waals surface area (Å²) in [7, 11) is 0. The molecule has 392 valence electrons. The topological polar surface area (TPSA) is 320 Å². The van der Waals surface area contributed by atoms with E-state index in [1.165, 1.54) is 20.8 Å². The van der Waals surface area contributed by atoms with Gasteiger partial charge in [0.1, 0.15) is 39.6 Å². The summed E-state index contributed by atoms with van der Waals surface area (Å²) in [6, 6.07) is 0. The summed E-state index contributed by atoms with van der Waals surface area (Å²) >= 11 is 0. The van der Waals surface area contributed by atoms with Gasteiger partial charge in [-0.15, -0.1) is 0 Å². The zero-order chi connectivity index (χ0) is 52.3. The van der Waals surface area contributed by atoms with Gasteiger partial charge in [0.15, 0.2) is 12.2 Å². The van der Waals surface area contributed by atoms with E-state index in [-0.39, 0.29) is 89.6 Å². The molecule has 24 heteroatoms. The lowest BCUT2D eigenvalue weighted by molar-refractivity contribution is -0.315. The molecule has 1 unspecified atom stereocenters. The predicted octanol–water partition coefficient (Wildman–Crippen LogP) is 5.72. The van der Waals surface area contributed by atoms with Crippen LogP contribution >= 0.6 is 0 Å². The summed E-state index contributed by atoms with van der Waals surface area (Å²) in [5.41, 5.74) is -1.38. The van der Waals surface area contributed by atoms with Crippen LogP contribution in [0.4, 0.5) is 0 Å². The average molecular weight is 982 g/mol. The van der Waals surface area contributed by atoms with Crippen LogP contribution in [0.2, 0.25) is 0 Å². The van der Waals surface area contributed by atoms with Crippen LogP contribution in [-0.4, -0.2) is 130 Å². The van der Waals surface area contributed by atoms with Crippen LogP contribution in [0.1, 0.15) is 141 Å². The fraction of sp³-hybridized carbons (Fsp3) is 0.773. The molecule has 1 saturated heterocycles. The van der Waals surface area contributed by atoms with Crippen molar-refractivity contribution in [3.05, 3.63) is 0 Å². The van der Waals surface area contributed by atoms with E-state index in [4.69, 9.17) is 83.4 Å². The van der Waals surface area contributed by atoms with Gasteiger partial charge in [-0.05, 0) is 12.8 Å². The van der Waals surface area contributed by atoms with Crippen molar-refractivity contribution in [3.8, 4) is 0 Å². The quantitative estimate of drug-likeness (QED) is 0.0211. The standard InChI is InChI=1S/C17H26O9.C15H29N3O6.C12H20O6/c1-5-11(18)23-10-9-22-17(26-14(21)8-4)16(25-13(20)7-3)15(10)24-12(19)6-2;1-5-12(16)22-19-9-15(8-4,10-20-23-13(17)6-2)11-21-24-14(18)7-3;1-5-12(6-16-9(2)13,7-17-10(3)14)8-18-11(4)15/h10,15-17H,5-9H2,1-4H3;16-18H,5-11H2,1-4H3;5-8H2,1-4H3/t10-,15+,16-,17?;;/m0../s1. The van der Waals surface area contributed by atoms with Crippen LogP contribution in [-0.2, 0) is 101 Å². The fourth-order valence-corrected chi connectivity index (χ4v) is 4.63. The maximum Gasteiger partial charge on any atom is 0.307 e. The Hall–Kier alpha value is -5.46. The van der Waals surface area contributed by atoms with E-state index in [1.54, 1.807) is 48.5 Å². The smallest absolute Gasteiger partial charge is 0.307 e. The number of carbonyl (C=O) groups is 7. The first-order chi connectivity index (χ1) is 32.1. The number of ether oxygens (including phenoxy) is 8. The number of rotatable bonds is 28. The third-order valence-electron chi connectivity index (χ3n) is 9.39. The lowest BCUT2D eigenvalue weighted by Gasteiger charge is -2.40. The van der Waals surface area contributed by atoms with Crippen LogP contribution in [0.5, 0.6) is 0 Å². The second-order valence-electron chi connectivity index (χ2n) is 15.0. The molecular formula is C44H75N3O21. The molecule has 0 aromatic heterocycles. The first-order valence-electron chi connectivity index (χ1n) is 22.5. The van der Waals surface area contributed by atoms with Crippen molar-refractivity contribution in [1.82, 2.24) is 0 Å². The van der Waals surface area contributed by atoms with Gasteiger partial charge in [0.05, 0.1) is 17.4 Å². The largest absolute Gasteiger partial charge is 0.465 e. The van der Waals surface area contributed by atoms with Crippen LogP contribution in [0, 0.1) is 27.1 Å². The van der Waals surface area contributed by atoms with Crippen molar-refractivity contribution in [2.24, 2.45) is 10.8 Å². The van der Waals surface area contributed by atoms with E-state index in [0.29, 0.717) is 32.1 Å². The lowest BCUT2D eigenvalue weighted by Crippen LogP contribution is -2.58. The van der Waals surface area contributed by atoms with Crippen LogP contribution in [0.15, 0.2) is 0 Å². The Labute approximate surface area is 398 Å². The highest BCUT2D eigenvalue weighted by molar-refractivity contribution is 5.73. The second kappa shape index (κ2) is 36.6. The van der Waals surface area contributed by atoms with Crippen molar-refractivity contribution in [2.75, 3.05) is 46.2 Å². The van der Waals surface area contributed by atoms with Crippen molar-refractivity contribution in [1.29, 1.82) is 16.2 Å². The molecule has 1 rings (SSSR count). The van der Waals surface area contributed by atoms with Crippen LogP contribution < -0.4 is 0 Å². The highest BCUT2D eigenvalue weighted by Crippen LogP contribution is 2.28. The summed E-state index contributed by atoms with van der Waals surface area (Å²) in [5, 5.41) is 22.3. The minimum atomic E-state index is -1.26. The number of hydrogen-bond acceptors (Lipinski definition) is 24. The normalized spacial score (nSPS) is 17.0. The molecule has 1 aliphatic heterocycles. The van der Waals surface area contributed by atoms with Gasteiger partial charge in [0.25, 0.3) is 0 Å². The van der Waals surface area contributed by atoms with Gasteiger partial charge < -0.3 is 52.6 Å². The molecule has 24 nitrogen and oxygen atoms in total. The van der Waals surface area contributed by atoms with Gasteiger partial charge in [-0.3, -0.25) is 49.8 Å². The number of esters is 7. The fourth-order valence-electron chi connectivity index (χ4n) is 4.63. The molecule has 0 amide bonds. The Morgan fingerprint density at radius 3 is 1.06 bits per heavy atom. The predicted molar refractivity (Wildman–Crippen MR) is 237 cm³/mol. The van der Waals surface area contributed by atoms with Crippen LogP contribution in [0.25, 0.3) is 0 Å². The van der Waals surface area contributed by atoms with E-state index >= 15 is 0 Å². The molecule has 1 fully saturated rings. The van der Waals surface area contributed by atoms with Gasteiger partial charge in [0.2, 0.25) is 30.1 Å². The molecule has 0 saturated carbocycles. The highest BCUT2D eigenvalue weighted by atomic mass is 17.2. The van der Waals surface area contributed by atoms with Crippen LogP contribution in [0.3, 0.4) is 0 Å². The Kier molecular flexibility index (Phi) is 34.7. The van der Waals surface area contributed by atoms with E-state index < -0.39 is 77.2 Å².